The van der Waals surface area contributed by atoms with Crippen LogP contribution in [-0.4, -0.2) is 26.3 Å². The normalized spacial score (nSPS) is 15.5. The van der Waals surface area contributed by atoms with Gasteiger partial charge in [0.25, 0.3) is 0 Å². The topological polar surface area (TPSA) is 21.3 Å². The lowest BCUT2D eigenvalue weighted by atomic mass is 10.0. The molecule has 0 saturated heterocycles. The van der Waals surface area contributed by atoms with E-state index in [1.807, 2.05) is 0 Å². The standard InChI is InChI=1S/C17H27NO/c1-3-11-18-17(13-19-2)10-8-14-7-9-15-5-4-6-16(15)12-14/h7,9,12,17-18H,3-6,8,10-11,13H2,1-2H3. The molecule has 1 aliphatic rings. The molecule has 1 atom stereocenters. The summed E-state index contributed by atoms with van der Waals surface area (Å²) in [5, 5.41) is 3.57. The number of ether oxygens (including phenoxy) is 1. The van der Waals surface area contributed by atoms with E-state index < -0.39 is 0 Å². The van der Waals surface area contributed by atoms with Gasteiger partial charge in [-0.3, -0.25) is 0 Å². The van der Waals surface area contributed by atoms with Crippen molar-refractivity contribution in [3.05, 3.63) is 34.9 Å². The average molecular weight is 261 g/mol. The van der Waals surface area contributed by atoms with Gasteiger partial charge in [-0.25, -0.2) is 0 Å². The van der Waals surface area contributed by atoms with Gasteiger partial charge in [0.1, 0.15) is 0 Å². The summed E-state index contributed by atoms with van der Waals surface area (Å²) in [5.74, 6) is 0. The maximum absolute atomic E-state index is 5.30. The molecule has 1 N–H and O–H groups in total. The van der Waals surface area contributed by atoms with E-state index >= 15 is 0 Å². The van der Waals surface area contributed by atoms with E-state index in [-0.39, 0.29) is 0 Å². The van der Waals surface area contributed by atoms with Crippen LogP contribution in [0.25, 0.3) is 0 Å². The number of aryl methyl sites for hydroxylation is 3. The zero-order chi connectivity index (χ0) is 13.5. The fraction of sp³-hybridized carbons (Fsp3) is 0.647. The molecule has 0 fully saturated rings. The van der Waals surface area contributed by atoms with Crippen molar-refractivity contribution in [2.24, 2.45) is 0 Å². The summed E-state index contributed by atoms with van der Waals surface area (Å²) in [4.78, 5) is 0. The summed E-state index contributed by atoms with van der Waals surface area (Å²) in [6.07, 6.45) is 7.38. The molecule has 2 heteroatoms. The summed E-state index contributed by atoms with van der Waals surface area (Å²) in [5.41, 5.74) is 4.64. The van der Waals surface area contributed by atoms with Crippen LogP contribution in [0.15, 0.2) is 18.2 Å². The lowest BCUT2D eigenvalue weighted by Crippen LogP contribution is -2.34. The van der Waals surface area contributed by atoms with Crippen LogP contribution >= 0.6 is 0 Å². The molecule has 0 spiro atoms. The van der Waals surface area contributed by atoms with Gasteiger partial charge in [-0.05, 0) is 61.8 Å². The predicted molar refractivity (Wildman–Crippen MR) is 80.7 cm³/mol. The fourth-order valence-electron chi connectivity index (χ4n) is 2.92. The van der Waals surface area contributed by atoms with Crippen molar-refractivity contribution in [1.29, 1.82) is 0 Å². The van der Waals surface area contributed by atoms with Crippen LogP contribution in [0.3, 0.4) is 0 Å². The monoisotopic (exact) mass is 261 g/mol. The summed E-state index contributed by atoms with van der Waals surface area (Å²) < 4.78 is 5.30. The Morgan fingerprint density at radius 1 is 1.26 bits per heavy atom. The zero-order valence-corrected chi connectivity index (χ0v) is 12.4. The van der Waals surface area contributed by atoms with Gasteiger partial charge in [-0.15, -0.1) is 0 Å². The Labute approximate surface area is 117 Å². The number of rotatable bonds is 8. The third-order valence-electron chi connectivity index (χ3n) is 4.00. The van der Waals surface area contributed by atoms with Crippen LogP contribution in [-0.2, 0) is 24.0 Å². The molecule has 106 valence electrons. The molecule has 19 heavy (non-hydrogen) atoms. The van der Waals surface area contributed by atoms with Crippen molar-refractivity contribution in [3.63, 3.8) is 0 Å². The molecule has 1 aromatic carbocycles. The van der Waals surface area contributed by atoms with Crippen LogP contribution < -0.4 is 5.32 Å². The van der Waals surface area contributed by atoms with Gasteiger partial charge in [-0.2, -0.15) is 0 Å². The van der Waals surface area contributed by atoms with E-state index in [1.54, 1.807) is 18.2 Å². The molecule has 0 radical (unpaired) electrons. The van der Waals surface area contributed by atoms with Crippen LogP contribution in [0, 0.1) is 0 Å². The Kier molecular flexibility index (Phi) is 5.87. The maximum Gasteiger partial charge on any atom is 0.0615 e. The molecule has 0 aromatic heterocycles. The Hall–Kier alpha value is -0.860. The first-order chi connectivity index (χ1) is 9.33. The third kappa shape index (κ3) is 4.32. The summed E-state index contributed by atoms with van der Waals surface area (Å²) in [6.45, 7) is 4.10. The molecule has 1 unspecified atom stereocenters. The molecule has 2 nitrogen and oxygen atoms in total. The fourth-order valence-corrected chi connectivity index (χ4v) is 2.92. The van der Waals surface area contributed by atoms with Gasteiger partial charge < -0.3 is 10.1 Å². The molecule has 0 amide bonds. The Balaban J connectivity index is 1.85. The van der Waals surface area contributed by atoms with Crippen LogP contribution in [0.5, 0.6) is 0 Å². The number of benzene rings is 1. The highest BCUT2D eigenvalue weighted by Crippen LogP contribution is 2.23. The van der Waals surface area contributed by atoms with Crippen molar-refractivity contribution in [3.8, 4) is 0 Å². The molecule has 0 aliphatic heterocycles. The van der Waals surface area contributed by atoms with E-state index in [2.05, 4.69) is 30.4 Å². The minimum absolute atomic E-state index is 0.484. The first-order valence-corrected chi connectivity index (χ1v) is 7.66. The van der Waals surface area contributed by atoms with Gasteiger partial charge in [0.2, 0.25) is 0 Å². The van der Waals surface area contributed by atoms with Crippen molar-refractivity contribution >= 4 is 0 Å². The molecular weight excluding hydrogens is 234 g/mol. The third-order valence-corrected chi connectivity index (χ3v) is 4.00. The Bertz CT molecular complexity index is 389. The number of nitrogens with one attached hydrogen (secondary N) is 1. The smallest absolute Gasteiger partial charge is 0.0615 e. The van der Waals surface area contributed by atoms with Gasteiger partial charge in [0, 0.05) is 13.2 Å². The van der Waals surface area contributed by atoms with Gasteiger partial charge in [0.15, 0.2) is 0 Å². The van der Waals surface area contributed by atoms with E-state index in [1.165, 1.54) is 31.2 Å². The highest BCUT2D eigenvalue weighted by Gasteiger charge is 2.12. The second kappa shape index (κ2) is 7.66. The van der Waals surface area contributed by atoms with Crippen molar-refractivity contribution in [1.82, 2.24) is 5.32 Å². The predicted octanol–water partition coefficient (Wildman–Crippen LogP) is 3.12. The summed E-state index contributed by atoms with van der Waals surface area (Å²) >= 11 is 0. The largest absolute Gasteiger partial charge is 0.383 e. The highest BCUT2D eigenvalue weighted by atomic mass is 16.5. The van der Waals surface area contributed by atoms with E-state index in [0.717, 1.165) is 26.0 Å². The minimum Gasteiger partial charge on any atom is -0.383 e. The van der Waals surface area contributed by atoms with Crippen molar-refractivity contribution < 1.29 is 4.74 Å². The lowest BCUT2D eigenvalue weighted by Gasteiger charge is -2.17. The van der Waals surface area contributed by atoms with Crippen molar-refractivity contribution in [2.75, 3.05) is 20.3 Å². The van der Waals surface area contributed by atoms with Crippen LogP contribution in [0.1, 0.15) is 42.9 Å². The first kappa shape index (κ1) is 14.5. The molecular formula is C17H27NO. The van der Waals surface area contributed by atoms with E-state index in [9.17, 15) is 0 Å². The van der Waals surface area contributed by atoms with E-state index in [0.29, 0.717) is 6.04 Å². The highest BCUT2D eigenvalue weighted by molar-refractivity contribution is 5.35. The summed E-state index contributed by atoms with van der Waals surface area (Å²) in [6, 6.07) is 7.56. The second-order valence-corrected chi connectivity index (χ2v) is 5.60. The SMILES string of the molecule is CCCNC(CCc1ccc2c(c1)CCC2)COC. The second-order valence-electron chi connectivity index (χ2n) is 5.60. The molecule has 0 bridgehead atoms. The molecule has 1 aromatic rings. The molecule has 0 heterocycles. The van der Waals surface area contributed by atoms with Gasteiger partial charge in [-0.1, -0.05) is 25.1 Å². The van der Waals surface area contributed by atoms with Gasteiger partial charge in [0.05, 0.1) is 6.61 Å². The zero-order valence-electron chi connectivity index (χ0n) is 12.4. The quantitative estimate of drug-likeness (QED) is 0.776. The van der Waals surface area contributed by atoms with Crippen LogP contribution in [0.4, 0.5) is 0 Å². The van der Waals surface area contributed by atoms with Crippen molar-refractivity contribution in [2.45, 2.75) is 51.5 Å². The number of hydrogen-bond acceptors (Lipinski definition) is 2. The average Bonchev–Trinajstić information content (AvgIpc) is 2.89. The number of fused-ring (bicyclic) bond motifs is 1. The Morgan fingerprint density at radius 3 is 2.89 bits per heavy atom. The van der Waals surface area contributed by atoms with Crippen LogP contribution in [0.2, 0.25) is 0 Å². The Morgan fingerprint density at radius 2 is 2.11 bits per heavy atom. The van der Waals surface area contributed by atoms with E-state index in [4.69, 9.17) is 4.74 Å². The molecule has 0 saturated carbocycles. The summed E-state index contributed by atoms with van der Waals surface area (Å²) in [7, 11) is 1.79. The molecule has 2 rings (SSSR count). The number of methoxy groups -OCH3 is 1. The number of hydrogen-bond donors (Lipinski definition) is 1. The first-order valence-electron chi connectivity index (χ1n) is 7.66. The maximum atomic E-state index is 5.30. The van der Waals surface area contributed by atoms with Gasteiger partial charge >= 0.3 is 0 Å². The lowest BCUT2D eigenvalue weighted by molar-refractivity contribution is 0.162. The molecule has 1 aliphatic carbocycles. The minimum atomic E-state index is 0.484.